The number of nitrogens with zero attached hydrogens (tertiary/aromatic N) is 3. The number of aromatic nitrogens is 2. The van der Waals surface area contributed by atoms with E-state index in [-0.39, 0.29) is 17.5 Å². The van der Waals surface area contributed by atoms with Crippen molar-refractivity contribution < 1.29 is 14.3 Å². The summed E-state index contributed by atoms with van der Waals surface area (Å²) in [6.45, 7) is 4.81. The van der Waals surface area contributed by atoms with Crippen molar-refractivity contribution in [3.05, 3.63) is 59.7 Å². The molecule has 0 bridgehead atoms. The molecule has 1 aliphatic rings. The van der Waals surface area contributed by atoms with Crippen molar-refractivity contribution in [1.82, 2.24) is 25.5 Å². The van der Waals surface area contributed by atoms with Crippen LogP contribution in [0.15, 0.2) is 42.7 Å². The van der Waals surface area contributed by atoms with Crippen molar-refractivity contribution >= 4 is 11.8 Å². The van der Waals surface area contributed by atoms with Gasteiger partial charge in [0.1, 0.15) is 5.69 Å². The van der Waals surface area contributed by atoms with E-state index < -0.39 is 0 Å². The summed E-state index contributed by atoms with van der Waals surface area (Å²) in [7, 11) is 0. The third-order valence-electron chi connectivity index (χ3n) is 4.23. The number of hydrogen-bond acceptors (Lipinski definition) is 6. The van der Waals surface area contributed by atoms with Crippen LogP contribution in [0, 0.1) is 0 Å². The Bertz CT molecular complexity index is 763. The zero-order valence-corrected chi connectivity index (χ0v) is 15.1. The van der Waals surface area contributed by atoms with E-state index in [4.69, 9.17) is 4.74 Å². The van der Waals surface area contributed by atoms with Crippen molar-refractivity contribution in [3.8, 4) is 0 Å². The fourth-order valence-corrected chi connectivity index (χ4v) is 2.71. The van der Waals surface area contributed by atoms with Gasteiger partial charge in [-0.3, -0.25) is 24.5 Å². The Hall–Kier alpha value is -2.84. The van der Waals surface area contributed by atoms with Crippen LogP contribution in [0.1, 0.15) is 26.5 Å². The summed E-state index contributed by atoms with van der Waals surface area (Å²) in [6.07, 6.45) is 3.14. The van der Waals surface area contributed by atoms with Gasteiger partial charge in [0.2, 0.25) is 0 Å². The number of pyridine rings is 2. The van der Waals surface area contributed by atoms with Gasteiger partial charge in [-0.05, 0) is 24.3 Å². The van der Waals surface area contributed by atoms with E-state index in [9.17, 15) is 9.59 Å². The van der Waals surface area contributed by atoms with Crippen LogP contribution in [0.4, 0.5) is 0 Å². The minimum absolute atomic E-state index is 0.225. The van der Waals surface area contributed by atoms with Gasteiger partial charge in [-0.25, -0.2) is 0 Å². The van der Waals surface area contributed by atoms with Crippen LogP contribution in [-0.2, 0) is 11.3 Å². The Morgan fingerprint density at radius 3 is 2.67 bits per heavy atom. The molecular weight excluding hydrogens is 346 g/mol. The predicted molar refractivity (Wildman–Crippen MR) is 99.2 cm³/mol. The SMILES string of the molecule is O=C(NCc1ccccn1)c1ccnc(C(=O)NCCN2CCOCC2)c1. The maximum Gasteiger partial charge on any atom is 0.269 e. The van der Waals surface area contributed by atoms with Crippen LogP contribution >= 0.6 is 0 Å². The first-order chi connectivity index (χ1) is 13.2. The van der Waals surface area contributed by atoms with Crippen LogP contribution in [0.25, 0.3) is 0 Å². The van der Waals surface area contributed by atoms with E-state index in [2.05, 4.69) is 25.5 Å². The van der Waals surface area contributed by atoms with E-state index in [0.29, 0.717) is 18.7 Å². The predicted octanol–water partition coefficient (Wildman–Crippen LogP) is 0.469. The number of carbonyl (C=O) groups is 2. The number of ether oxygens (including phenoxy) is 1. The molecule has 142 valence electrons. The highest BCUT2D eigenvalue weighted by Crippen LogP contribution is 2.03. The van der Waals surface area contributed by atoms with E-state index in [0.717, 1.165) is 38.5 Å². The molecular formula is C19H23N5O3. The van der Waals surface area contributed by atoms with Crippen molar-refractivity contribution in [2.45, 2.75) is 6.54 Å². The molecule has 1 saturated heterocycles. The zero-order valence-electron chi connectivity index (χ0n) is 15.1. The molecule has 27 heavy (non-hydrogen) atoms. The molecule has 2 aromatic heterocycles. The topological polar surface area (TPSA) is 96.5 Å². The van der Waals surface area contributed by atoms with E-state index in [1.807, 2.05) is 18.2 Å². The Morgan fingerprint density at radius 2 is 1.89 bits per heavy atom. The van der Waals surface area contributed by atoms with Crippen LogP contribution in [0.5, 0.6) is 0 Å². The molecule has 0 aliphatic carbocycles. The number of carbonyl (C=O) groups excluding carboxylic acids is 2. The van der Waals surface area contributed by atoms with Crippen LogP contribution in [-0.4, -0.2) is 66.1 Å². The average molecular weight is 369 g/mol. The van der Waals surface area contributed by atoms with Crippen molar-refractivity contribution in [1.29, 1.82) is 0 Å². The number of morpholine rings is 1. The molecule has 2 N–H and O–H groups in total. The van der Waals surface area contributed by atoms with Gasteiger partial charge in [0.05, 0.1) is 25.5 Å². The van der Waals surface area contributed by atoms with Crippen LogP contribution < -0.4 is 10.6 Å². The van der Waals surface area contributed by atoms with Crippen molar-refractivity contribution in [2.75, 3.05) is 39.4 Å². The fourth-order valence-electron chi connectivity index (χ4n) is 2.71. The monoisotopic (exact) mass is 369 g/mol. The van der Waals surface area contributed by atoms with Crippen LogP contribution in [0.3, 0.4) is 0 Å². The maximum absolute atomic E-state index is 12.3. The second-order valence-electron chi connectivity index (χ2n) is 6.14. The summed E-state index contributed by atoms with van der Waals surface area (Å²) >= 11 is 0. The van der Waals surface area contributed by atoms with Gasteiger partial charge in [0.15, 0.2) is 0 Å². The second kappa shape index (κ2) is 9.75. The summed E-state index contributed by atoms with van der Waals surface area (Å²) < 4.78 is 5.30. The van der Waals surface area contributed by atoms with E-state index in [1.165, 1.54) is 12.3 Å². The smallest absolute Gasteiger partial charge is 0.269 e. The minimum atomic E-state index is -0.289. The maximum atomic E-state index is 12.3. The minimum Gasteiger partial charge on any atom is -0.379 e. The third kappa shape index (κ3) is 5.83. The Kier molecular flexibility index (Phi) is 6.84. The summed E-state index contributed by atoms with van der Waals surface area (Å²) in [5.41, 5.74) is 1.38. The lowest BCUT2D eigenvalue weighted by molar-refractivity contribution is 0.0383. The van der Waals surface area contributed by atoms with Gasteiger partial charge in [-0.15, -0.1) is 0 Å². The van der Waals surface area contributed by atoms with Gasteiger partial charge in [-0.2, -0.15) is 0 Å². The molecule has 3 heterocycles. The van der Waals surface area contributed by atoms with E-state index >= 15 is 0 Å². The van der Waals surface area contributed by atoms with Gasteiger partial charge in [-0.1, -0.05) is 6.07 Å². The summed E-state index contributed by atoms with van der Waals surface area (Å²) in [4.78, 5) is 35.0. The van der Waals surface area contributed by atoms with E-state index in [1.54, 1.807) is 12.3 Å². The lowest BCUT2D eigenvalue weighted by Crippen LogP contribution is -2.41. The first-order valence-corrected chi connectivity index (χ1v) is 8.95. The van der Waals surface area contributed by atoms with Crippen molar-refractivity contribution in [2.24, 2.45) is 0 Å². The summed E-state index contributed by atoms with van der Waals surface area (Å²) in [6, 6.07) is 8.59. The molecule has 0 unspecified atom stereocenters. The summed E-state index contributed by atoms with van der Waals surface area (Å²) in [5.74, 6) is -0.562. The first kappa shape index (κ1) is 18.9. The highest BCUT2D eigenvalue weighted by molar-refractivity contribution is 5.98. The number of nitrogens with one attached hydrogen (secondary N) is 2. The Morgan fingerprint density at radius 1 is 1.04 bits per heavy atom. The quantitative estimate of drug-likeness (QED) is 0.736. The average Bonchev–Trinajstić information content (AvgIpc) is 2.73. The first-order valence-electron chi connectivity index (χ1n) is 8.95. The standard InChI is InChI=1S/C19H23N5O3/c25-18(23-14-16-3-1-2-5-20-16)15-4-6-21-17(13-15)19(26)22-7-8-24-9-11-27-12-10-24/h1-6,13H,7-12,14H2,(H,22,26)(H,23,25). The van der Waals surface area contributed by atoms with Gasteiger partial charge in [0, 0.05) is 44.1 Å². The number of hydrogen-bond donors (Lipinski definition) is 2. The molecule has 0 atom stereocenters. The molecule has 1 aliphatic heterocycles. The lowest BCUT2D eigenvalue weighted by atomic mass is 10.2. The molecule has 8 heteroatoms. The Balaban J connectivity index is 1.49. The lowest BCUT2D eigenvalue weighted by Gasteiger charge is -2.26. The fraction of sp³-hybridized carbons (Fsp3) is 0.368. The Labute approximate surface area is 158 Å². The number of amides is 2. The molecule has 2 amide bonds. The largest absolute Gasteiger partial charge is 0.379 e. The van der Waals surface area contributed by atoms with Crippen molar-refractivity contribution in [3.63, 3.8) is 0 Å². The molecule has 3 rings (SSSR count). The summed E-state index contributed by atoms with van der Waals surface area (Å²) in [5, 5.41) is 5.63. The molecule has 1 fully saturated rings. The normalized spacial score (nSPS) is 14.5. The molecule has 0 radical (unpaired) electrons. The third-order valence-corrected chi connectivity index (χ3v) is 4.23. The molecule has 8 nitrogen and oxygen atoms in total. The molecule has 0 saturated carbocycles. The van der Waals surface area contributed by atoms with Crippen LogP contribution in [0.2, 0.25) is 0 Å². The van der Waals surface area contributed by atoms with Gasteiger partial charge < -0.3 is 15.4 Å². The van der Waals surface area contributed by atoms with Gasteiger partial charge in [0.25, 0.3) is 11.8 Å². The highest BCUT2D eigenvalue weighted by atomic mass is 16.5. The molecule has 0 aromatic carbocycles. The molecule has 2 aromatic rings. The zero-order chi connectivity index (χ0) is 18.9. The second-order valence-corrected chi connectivity index (χ2v) is 6.14. The number of rotatable bonds is 7. The molecule has 0 spiro atoms. The highest BCUT2D eigenvalue weighted by Gasteiger charge is 2.13. The van der Waals surface area contributed by atoms with Gasteiger partial charge >= 0.3 is 0 Å².